The number of esters is 1. The van der Waals surface area contributed by atoms with Crippen LogP contribution in [0.2, 0.25) is 0 Å². The fourth-order valence-corrected chi connectivity index (χ4v) is 6.96. The summed E-state index contributed by atoms with van der Waals surface area (Å²) in [6.45, 7) is 5.29. The van der Waals surface area contributed by atoms with E-state index in [-0.39, 0.29) is 23.1 Å². The Kier molecular flexibility index (Phi) is 9.16. The molecule has 0 fully saturated rings. The summed E-state index contributed by atoms with van der Waals surface area (Å²) in [5.41, 5.74) is 3.17. The second-order valence-electron chi connectivity index (χ2n) is 11.2. The molecule has 1 atom stereocenters. The van der Waals surface area contributed by atoms with Crippen molar-refractivity contribution in [2.24, 2.45) is 4.99 Å². The van der Waals surface area contributed by atoms with Crippen molar-refractivity contribution < 1.29 is 19.2 Å². The zero-order valence-electron chi connectivity index (χ0n) is 26.7. The van der Waals surface area contributed by atoms with Crippen molar-refractivity contribution in [3.8, 4) is 22.7 Å². The topological polar surface area (TPSA) is 131 Å². The highest BCUT2D eigenvalue weighted by atomic mass is 32.2. The minimum absolute atomic E-state index is 0.119. The summed E-state index contributed by atoms with van der Waals surface area (Å²) in [6, 6.07) is 21.0. The van der Waals surface area contributed by atoms with Crippen LogP contribution in [0.4, 0.5) is 5.69 Å². The van der Waals surface area contributed by atoms with Gasteiger partial charge in [0.05, 0.1) is 45.7 Å². The first-order valence-corrected chi connectivity index (χ1v) is 17.0. The first kappa shape index (κ1) is 32.7. The molecule has 0 aliphatic carbocycles. The van der Waals surface area contributed by atoms with E-state index < -0.39 is 16.9 Å². The van der Waals surface area contributed by atoms with Gasteiger partial charge >= 0.3 is 11.7 Å². The van der Waals surface area contributed by atoms with Gasteiger partial charge in [0.15, 0.2) is 10.6 Å². The predicted octanol–water partition coefficient (Wildman–Crippen LogP) is 5.68. The molecule has 3 aromatic carbocycles. The van der Waals surface area contributed by atoms with Crippen molar-refractivity contribution in [3.63, 3.8) is 0 Å². The molecule has 13 heteroatoms. The Balaban J connectivity index is 1.56. The summed E-state index contributed by atoms with van der Waals surface area (Å²) in [7, 11) is 1.37. The van der Waals surface area contributed by atoms with E-state index in [4.69, 9.17) is 19.6 Å². The molecular weight excluding hydrogens is 651 g/mol. The number of hydrogen-bond donors (Lipinski definition) is 0. The van der Waals surface area contributed by atoms with E-state index in [1.807, 2.05) is 60.9 Å². The van der Waals surface area contributed by atoms with E-state index in [1.54, 1.807) is 55.6 Å². The Labute approximate surface area is 283 Å². The molecule has 1 aliphatic heterocycles. The van der Waals surface area contributed by atoms with Crippen LogP contribution in [0.1, 0.15) is 37.9 Å². The molecule has 1 unspecified atom stereocenters. The average Bonchev–Trinajstić information content (AvgIpc) is 3.64. The third-order valence-electron chi connectivity index (χ3n) is 7.71. The number of methoxy groups -OCH3 is 1. The van der Waals surface area contributed by atoms with E-state index in [2.05, 4.69) is 0 Å². The molecule has 3 heterocycles. The maximum absolute atomic E-state index is 14.3. The lowest BCUT2D eigenvalue weighted by molar-refractivity contribution is -0.385. The van der Waals surface area contributed by atoms with Gasteiger partial charge in [-0.15, -0.1) is 11.8 Å². The van der Waals surface area contributed by atoms with Gasteiger partial charge in [-0.25, -0.2) is 14.5 Å². The Bertz CT molecular complexity index is 2250. The Morgan fingerprint density at radius 3 is 2.48 bits per heavy atom. The van der Waals surface area contributed by atoms with Crippen LogP contribution < -0.4 is 19.6 Å². The monoisotopic (exact) mass is 681 g/mol. The largest absolute Gasteiger partial charge is 0.490 e. The van der Waals surface area contributed by atoms with Crippen molar-refractivity contribution in [3.05, 3.63) is 131 Å². The minimum Gasteiger partial charge on any atom is -0.490 e. The first-order valence-electron chi connectivity index (χ1n) is 14.9. The predicted molar refractivity (Wildman–Crippen MR) is 185 cm³/mol. The van der Waals surface area contributed by atoms with Gasteiger partial charge in [0, 0.05) is 28.3 Å². The van der Waals surface area contributed by atoms with Crippen LogP contribution >= 0.6 is 23.1 Å². The highest BCUT2D eigenvalue weighted by Gasteiger charge is 2.34. The summed E-state index contributed by atoms with van der Waals surface area (Å²) in [6.07, 6.45) is 5.09. The highest BCUT2D eigenvalue weighted by Crippen LogP contribution is 2.34. The molecule has 0 saturated heterocycles. The lowest BCUT2D eigenvalue weighted by Gasteiger charge is -2.25. The quantitative estimate of drug-likeness (QED) is 0.0841. The molecule has 0 spiro atoms. The van der Waals surface area contributed by atoms with Gasteiger partial charge in [-0.3, -0.25) is 19.5 Å². The van der Waals surface area contributed by atoms with Crippen LogP contribution in [0.15, 0.2) is 105 Å². The number of thiazole rings is 1. The zero-order chi connectivity index (χ0) is 34.1. The number of carbonyl (C=O) groups is 1. The Hall–Kier alpha value is -5.27. The van der Waals surface area contributed by atoms with Crippen molar-refractivity contribution >= 4 is 40.8 Å². The van der Waals surface area contributed by atoms with Crippen molar-refractivity contribution in [1.82, 2.24) is 14.3 Å². The number of rotatable bonds is 9. The van der Waals surface area contributed by atoms with Crippen LogP contribution in [-0.2, 0) is 9.53 Å². The van der Waals surface area contributed by atoms with Gasteiger partial charge in [0.1, 0.15) is 5.69 Å². The molecule has 1 aliphatic rings. The number of hydrogen-bond acceptors (Lipinski definition) is 10. The molecule has 2 aromatic heterocycles. The van der Waals surface area contributed by atoms with Gasteiger partial charge in [0.2, 0.25) is 0 Å². The normalized spacial score (nSPS) is 14.5. The summed E-state index contributed by atoms with van der Waals surface area (Å²) in [5.74, 6) is -0.416. The van der Waals surface area contributed by atoms with Crippen LogP contribution in [-0.4, -0.2) is 44.7 Å². The van der Waals surface area contributed by atoms with Crippen molar-refractivity contribution in [2.45, 2.75) is 37.8 Å². The molecule has 48 heavy (non-hydrogen) atoms. The summed E-state index contributed by atoms with van der Waals surface area (Å²) < 4.78 is 14.4. The van der Waals surface area contributed by atoms with Gasteiger partial charge in [-0.2, -0.15) is 5.10 Å². The van der Waals surface area contributed by atoms with Gasteiger partial charge < -0.3 is 9.47 Å². The lowest BCUT2D eigenvalue weighted by atomic mass is 9.96. The summed E-state index contributed by atoms with van der Waals surface area (Å²) >= 11 is 2.78. The molecule has 11 nitrogen and oxygen atoms in total. The number of thioether (sulfide) groups is 1. The summed E-state index contributed by atoms with van der Waals surface area (Å²) in [4.78, 5) is 45.3. The number of nitro groups is 1. The van der Waals surface area contributed by atoms with Crippen LogP contribution in [0.25, 0.3) is 23.0 Å². The number of ether oxygens (including phenoxy) is 2. The Morgan fingerprint density at radius 1 is 1.10 bits per heavy atom. The van der Waals surface area contributed by atoms with Gasteiger partial charge in [0.25, 0.3) is 5.56 Å². The van der Waals surface area contributed by atoms with E-state index >= 15 is 0 Å². The fraction of sp³-hybridized carbons (Fsp3) is 0.200. The molecule has 6 rings (SSSR count). The van der Waals surface area contributed by atoms with Crippen LogP contribution in [0.3, 0.4) is 0 Å². The fourth-order valence-electron chi connectivity index (χ4n) is 5.51. The third kappa shape index (κ3) is 6.21. The number of para-hydroxylation sites is 1. The SMILES string of the molecule is COc1ccc(-c2nn(-c3ccccc3)cc2C=c2sc3n(c2=O)C(c2ccc(SC)cc2)C(C(=O)OC(C)C)=C(C)N=3)cc1[N+](=O)[O-]. The molecule has 0 saturated carbocycles. The van der Waals surface area contributed by atoms with Crippen molar-refractivity contribution in [2.75, 3.05) is 13.4 Å². The van der Waals surface area contributed by atoms with Gasteiger partial charge in [-0.1, -0.05) is 41.7 Å². The maximum atomic E-state index is 14.3. The number of allylic oxidation sites excluding steroid dienone is 1. The lowest BCUT2D eigenvalue weighted by Crippen LogP contribution is -2.40. The molecule has 244 valence electrons. The third-order valence-corrected chi connectivity index (χ3v) is 9.44. The van der Waals surface area contributed by atoms with E-state index in [1.165, 1.54) is 35.1 Å². The molecule has 5 aromatic rings. The number of benzene rings is 3. The van der Waals surface area contributed by atoms with Crippen LogP contribution in [0, 0.1) is 10.1 Å². The van der Waals surface area contributed by atoms with Gasteiger partial charge in [-0.05, 0) is 75.1 Å². The first-order chi connectivity index (χ1) is 23.1. The van der Waals surface area contributed by atoms with Crippen molar-refractivity contribution in [1.29, 1.82) is 0 Å². The molecule has 0 radical (unpaired) electrons. The number of carbonyl (C=O) groups excluding carboxylic acids is 1. The number of fused-ring (bicyclic) bond motifs is 1. The number of aromatic nitrogens is 3. The molecule has 0 N–H and O–H groups in total. The number of nitro benzene ring substituents is 1. The second-order valence-corrected chi connectivity index (χ2v) is 13.1. The minimum atomic E-state index is -0.763. The van der Waals surface area contributed by atoms with E-state index in [0.717, 1.165) is 16.1 Å². The molecule has 0 bridgehead atoms. The Morgan fingerprint density at radius 2 is 1.83 bits per heavy atom. The highest BCUT2D eigenvalue weighted by molar-refractivity contribution is 7.98. The van der Waals surface area contributed by atoms with E-state index in [0.29, 0.717) is 37.4 Å². The standard InChI is InChI=1S/C35H31N5O6S2/c1-20(2)46-34(42)30-21(3)36-35-39(32(30)22-11-14-26(47-5)15-12-22)33(41)29(48-35)18-24-19-38(25-9-7-6-8-10-25)37-31(24)23-13-16-28(45-4)27(17-23)40(43)44/h6-20,32H,1-5H3. The average molecular weight is 682 g/mol. The summed E-state index contributed by atoms with van der Waals surface area (Å²) in [5, 5.41) is 16.7. The maximum Gasteiger partial charge on any atom is 0.338 e. The van der Waals surface area contributed by atoms with Crippen LogP contribution in [0.5, 0.6) is 5.75 Å². The smallest absolute Gasteiger partial charge is 0.338 e. The second kappa shape index (κ2) is 13.5. The number of nitrogens with zero attached hydrogens (tertiary/aromatic N) is 5. The zero-order valence-corrected chi connectivity index (χ0v) is 28.4. The molecular formula is C35H31N5O6S2. The molecule has 0 amide bonds. The van der Waals surface area contributed by atoms with E-state index in [9.17, 15) is 19.7 Å².